The summed E-state index contributed by atoms with van der Waals surface area (Å²) in [6.45, 7) is 0. The van der Waals surface area contributed by atoms with E-state index in [-0.39, 0.29) is 122 Å². The molecule has 0 bridgehead atoms. The average molecular weight is 243 g/mol. The smallest absolute Gasteiger partial charge is 1.00 e. The van der Waals surface area contributed by atoms with E-state index in [1.54, 1.807) is 0 Å². The van der Waals surface area contributed by atoms with Crippen LogP contribution in [0.3, 0.4) is 0 Å². The molecule has 0 aromatic heterocycles. The topological polar surface area (TPSA) is 0 Å². The first-order valence-electron chi connectivity index (χ1n) is 0. The summed E-state index contributed by atoms with van der Waals surface area (Å²) in [5.41, 5.74) is 0. The molecule has 5 heavy (non-hydrogen) atoms. The zero-order valence-electron chi connectivity index (χ0n) is 6.12. The maximum absolute atomic E-state index is 0. The van der Waals surface area contributed by atoms with Crippen LogP contribution in [0.2, 0.25) is 0 Å². The molecule has 0 spiro atoms. The third-order valence-electron chi connectivity index (χ3n) is 0. The summed E-state index contributed by atoms with van der Waals surface area (Å²) < 4.78 is 0. The molecule has 0 saturated carbocycles. The first kappa shape index (κ1) is 38.2. The zero-order valence-corrected chi connectivity index (χ0v) is 9.98. The second-order valence-electron chi connectivity index (χ2n) is 0. The monoisotopic (exact) mass is 242 g/mol. The van der Waals surface area contributed by atoms with Crippen LogP contribution in [0.25, 0.3) is 0 Å². The summed E-state index contributed by atoms with van der Waals surface area (Å²) in [6, 6.07) is 0. The fourth-order valence-corrected chi connectivity index (χ4v) is 0. The quantitative estimate of drug-likeness (QED) is 0.399. The van der Waals surface area contributed by atoms with Crippen molar-refractivity contribution in [2.75, 3.05) is 0 Å². The molecular weight excluding hydrogens is 232 g/mol. The van der Waals surface area contributed by atoms with E-state index in [4.69, 9.17) is 0 Å². The largest absolute Gasteiger partial charge is 2.00 e. The number of rotatable bonds is 0. The molecule has 0 rings (SSSR count). The first-order valence-corrected chi connectivity index (χ1v) is 0. The van der Waals surface area contributed by atoms with Gasteiger partial charge in [0.05, 0.1) is 0 Å². The van der Waals surface area contributed by atoms with Gasteiger partial charge in [0.2, 0.25) is 0 Å². The molecule has 0 aliphatic rings. The zero-order chi connectivity index (χ0) is 0. The van der Waals surface area contributed by atoms with Crippen LogP contribution in [0.4, 0.5) is 0 Å². The molecule has 0 aromatic rings. The molecule has 0 radical (unpaired) electrons. The average Bonchev–Trinajstić information content (AvgIpc) is 0. The van der Waals surface area contributed by atoms with Crippen LogP contribution in [0, 0.1) is 0 Å². The molecular formula is H11AlMgSiSrZn. The predicted octanol–water partition coefficient (Wildman–Crippen LogP) is -2.95. The summed E-state index contributed by atoms with van der Waals surface area (Å²) >= 11 is 0. The molecule has 5 heteroatoms. The molecule has 0 saturated heterocycles. The fourth-order valence-electron chi connectivity index (χ4n) is 0. The molecule has 0 fully saturated rings. The Labute approximate surface area is 119 Å². The Kier molecular flexibility index (Phi) is 195. The van der Waals surface area contributed by atoms with E-state index in [1.165, 1.54) is 0 Å². The van der Waals surface area contributed by atoms with Crippen molar-refractivity contribution in [1.29, 1.82) is 0 Å². The minimum absolute atomic E-state index is 0. The fraction of sp³-hybridized carbons (Fsp3) is 0. The van der Waals surface area contributed by atoms with Crippen molar-refractivity contribution in [2.24, 2.45) is 0 Å². The van der Waals surface area contributed by atoms with Gasteiger partial charge >= 0.3 is 68.5 Å². The van der Waals surface area contributed by atoms with Crippen LogP contribution < -0.4 is 0 Å². The van der Waals surface area contributed by atoms with E-state index in [0.717, 1.165) is 0 Å². The van der Waals surface area contributed by atoms with Crippen LogP contribution in [-0.2, 0) is 19.5 Å². The maximum Gasteiger partial charge on any atom is 2.00 e. The van der Waals surface area contributed by atoms with Crippen molar-refractivity contribution in [3.8, 4) is 0 Å². The minimum Gasteiger partial charge on any atom is -1.00 e. The second kappa shape index (κ2) is 25.5. The van der Waals surface area contributed by atoms with E-state index in [1.807, 2.05) is 0 Å². The van der Waals surface area contributed by atoms with Crippen molar-refractivity contribution in [1.82, 2.24) is 0 Å². The molecule has 0 aliphatic heterocycles. The molecule has 0 aliphatic carbocycles. The van der Waals surface area contributed by atoms with Gasteiger partial charge in [-0.3, -0.25) is 0 Å². The van der Waals surface area contributed by atoms with Crippen molar-refractivity contribution < 1.29 is 25.2 Å². The Morgan fingerprint density at radius 3 is 1.20 bits per heavy atom. The number of hydrogen-bond acceptors (Lipinski definition) is 0. The van der Waals surface area contributed by atoms with Gasteiger partial charge in [0.25, 0.3) is 0 Å². The van der Waals surface area contributed by atoms with E-state index in [0.29, 0.717) is 0 Å². The van der Waals surface area contributed by atoms with Crippen molar-refractivity contribution in [3.63, 3.8) is 0 Å². The molecule has 0 atom stereocenters. The summed E-state index contributed by atoms with van der Waals surface area (Å²) in [6.07, 6.45) is 0. The Balaban J connectivity index is 0. The van der Waals surface area contributed by atoms with Crippen LogP contribution in [0.15, 0.2) is 0 Å². The predicted molar refractivity (Wildman–Crippen MR) is 37.2 cm³/mol. The van der Waals surface area contributed by atoms with E-state index < -0.39 is 0 Å². The second-order valence-corrected chi connectivity index (χ2v) is 0. The van der Waals surface area contributed by atoms with Gasteiger partial charge in [0.1, 0.15) is 0 Å². The van der Waals surface area contributed by atoms with Crippen LogP contribution in [0.5, 0.6) is 0 Å². The van der Waals surface area contributed by atoms with Crippen molar-refractivity contribution in [2.45, 2.75) is 0 Å². The van der Waals surface area contributed by atoms with Gasteiger partial charge in [-0.15, -0.1) is 0 Å². The third-order valence-corrected chi connectivity index (χ3v) is 0. The maximum atomic E-state index is 0. The van der Waals surface area contributed by atoms with Gasteiger partial charge in [-0.25, -0.2) is 0 Å². The molecule has 0 nitrogen and oxygen atoms in total. The van der Waals surface area contributed by atoms with Crippen molar-refractivity contribution in [3.05, 3.63) is 0 Å². The van der Waals surface area contributed by atoms with Gasteiger partial charge in [-0.1, -0.05) is 0 Å². The summed E-state index contributed by atoms with van der Waals surface area (Å²) in [7, 11) is 0. The first-order chi connectivity index (χ1) is 0. The van der Waals surface area contributed by atoms with E-state index in [9.17, 15) is 0 Å². The number of hydrogen-bond donors (Lipinski definition) is 0. The van der Waals surface area contributed by atoms with Gasteiger partial charge in [-0.05, 0) is 11.0 Å². The Morgan fingerprint density at radius 1 is 1.20 bits per heavy atom. The normalized spacial score (nSPS) is 0. The SMILES string of the molecule is [AlH3].[H-].[H-].[H-].[H-].[Mg+2].[SiH4].[Sr+2].[Zn]. The minimum atomic E-state index is 0. The van der Waals surface area contributed by atoms with Crippen LogP contribution >= 0.6 is 0 Å². The van der Waals surface area contributed by atoms with Crippen LogP contribution in [0.1, 0.15) is 5.71 Å². The van der Waals surface area contributed by atoms with E-state index in [2.05, 4.69) is 0 Å². The molecule has 0 amide bonds. The van der Waals surface area contributed by atoms with E-state index >= 15 is 0 Å². The molecule has 0 unspecified atom stereocenters. The molecule has 0 heterocycles. The summed E-state index contributed by atoms with van der Waals surface area (Å²) in [5, 5.41) is 0. The third kappa shape index (κ3) is 18.4. The summed E-state index contributed by atoms with van der Waals surface area (Å²) in [4.78, 5) is 0. The Bertz CT molecular complexity index is 20.5. The van der Waals surface area contributed by atoms with Crippen LogP contribution in [-0.4, -0.2) is 96.9 Å². The van der Waals surface area contributed by atoms with Gasteiger partial charge in [0.15, 0.2) is 17.4 Å². The Morgan fingerprint density at radius 2 is 1.20 bits per heavy atom. The molecule has 0 N–H and O–H groups in total. The molecule has 0 aromatic carbocycles. The van der Waals surface area contributed by atoms with Gasteiger partial charge in [-0.2, -0.15) is 0 Å². The Hall–Kier alpha value is 3.62. The van der Waals surface area contributed by atoms with Gasteiger partial charge in [0, 0.05) is 19.5 Å². The standard InChI is InChI=1S/Al.Mg.H4Si.Sr.Zn.7H/h;;1H4;;;;;;;;;/q;+2;;+2;;;;;4*-1. The molecule has 24 valence electrons. The van der Waals surface area contributed by atoms with Gasteiger partial charge < -0.3 is 5.71 Å². The van der Waals surface area contributed by atoms with Crippen molar-refractivity contribution >= 4 is 96.9 Å². The summed E-state index contributed by atoms with van der Waals surface area (Å²) in [5.74, 6) is 0.